The summed E-state index contributed by atoms with van der Waals surface area (Å²) in [5.74, 6) is 0. The van der Waals surface area contributed by atoms with Crippen LogP contribution in [-0.4, -0.2) is 69.2 Å². The van der Waals surface area contributed by atoms with Crippen molar-refractivity contribution in [3.05, 3.63) is 78.1 Å². The van der Waals surface area contributed by atoms with Gasteiger partial charge in [0.2, 0.25) is 0 Å². The molecule has 4 aromatic rings. The van der Waals surface area contributed by atoms with Crippen molar-refractivity contribution in [2.24, 2.45) is 9.98 Å². The molecule has 0 fully saturated rings. The fourth-order valence-electron chi connectivity index (χ4n) is 5.24. The van der Waals surface area contributed by atoms with Gasteiger partial charge in [-0.05, 0) is 42.0 Å². The summed E-state index contributed by atoms with van der Waals surface area (Å²) in [6.07, 6.45) is -0.487. The zero-order valence-corrected chi connectivity index (χ0v) is 26.6. The maximum Gasteiger partial charge on any atom is 0.168 e. The second-order valence-corrected chi connectivity index (χ2v) is 14.7. The number of fused-ring (bicyclic) bond motifs is 4. The summed E-state index contributed by atoms with van der Waals surface area (Å²) in [6, 6.07) is 16.2. The van der Waals surface area contributed by atoms with Gasteiger partial charge in [-0.25, -0.2) is 0 Å². The number of amidine groups is 2. The average molecular weight is 660 g/mol. The third kappa shape index (κ3) is 4.92. The topological polar surface area (TPSA) is 71.7 Å². The highest BCUT2D eigenvalue weighted by atomic mass is 35.5. The van der Waals surface area contributed by atoms with Crippen LogP contribution in [0.2, 0.25) is 10.0 Å². The molecule has 8 rings (SSSR count). The Morgan fingerprint density at radius 2 is 1.37 bits per heavy atom. The van der Waals surface area contributed by atoms with Gasteiger partial charge in [0.05, 0.1) is 66.4 Å². The van der Waals surface area contributed by atoms with Gasteiger partial charge in [-0.1, -0.05) is 71.0 Å². The summed E-state index contributed by atoms with van der Waals surface area (Å²) < 4.78 is 2.20. The number of hydrogen-bond acceptors (Lipinski definition) is 10. The monoisotopic (exact) mass is 658 g/mol. The first-order valence-electron chi connectivity index (χ1n) is 13.1. The van der Waals surface area contributed by atoms with E-state index in [-0.39, 0.29) is 6.61 Å². The van der Waals surface area contributed by atoms with Gasteiger partial charge in [-0.15, -0.1) is 22.7 Å². The first-order chi connectivity index (χ1) is 19.9. The highest BCUT2D eigenvalue weighted by Crippen LogP contribution is 2.47. The van der Waals surface area contributed by atoms with Crippen LogP contribution in [0.15, 0.2) is 68.3 Å². The van der Waals surface area contributed by atoms with E-state index >= 15 is 0 Å². The zero-order valence-electron chi connectivity index (χ0n) is 21.8. The molecule has 4 aliphatic heterocycles. The van der Waals surface area contributed by atoms with E-state index in [4.69, 9.17) is 23.2 Å². The number of benzene rings is 2. The number of rotatable bonds is 4. The van der Waals surface area contributed by atoms with Gasteiger partial charge in [-0.3, -0.25) is 9.98 Å². The smallest absolute Gasteiger partial charge is 0.168 e. The molecule has 0 spiro atoms. The first kappa shape index (κ1) is 27.8. The maximum atomic E-state index is 10.1. The van der Waals surface area contributed by atoms with Crippen molar-refractivity contribution in [1.82, 2.24) is 9.80 Å². The Balaban J connectivity index is 0.000000135. The van der Waals surface area contributed by atoms with Crippen LogP contribution >= 0.6 is 69.4 Å². The lowest BCUT2D eigenvalue weighted by Gasteiger charge is -2.16. The molecule has 2 N–H and O–H groups in total. The molecule has 6 heterocycles. The number of aliphatic hydroxyl groups is 2. The van der Waals surface area contributed by atoms with Crippen LogP contribution in [0.3, 0.4) is 0 Å². The van der Waals surface area contributed by atoms with E-state index in [9.17, 15) is 10.2 Å². The van der Waals surface area contributed by atoms with Crippen LogP contribution in [0.4, 0.5) is 0 Å². The van der Waals surface area contributed by atoms with E-state index in [0.29, 0.717) is 0 Å². The number of thiophene rings is 2. The summed E-state index contributed by atoms with van der Waals surface area (Å²) in [5.41, 5.74) is 2.20. The molecule has 0 bridgehead atoms. The Labute approximate surface area is 263 Å². The van der Waals surface area contributed by atoms with Crippen molar-refractivity contribution in [3.8, 4) is 0 Å². The van der Waals surface area contributed by atoms with Gasteiger partial charge in [0.15, 0.2) is 10.3 Å². The molecule has 41 heavy (non-hydrogen) atoms. The van der Waals surface area contributed by atoms with Crippen LogP contribution in [0, 0.1) is 0 Å². The predicted molar refractivity (Wildman–Crippen MR) is 179 cm³/mol. The lowest BCUT2D eigenvalue weighted by molar-refractivity contribution is 0.240. The number of aliphatic hydroxyl groups excluding tert-OH is 2. The van der Waals surface area contributed by atoms with Crippen molar-refractivity contribution in [2.45, 2.75) is 13.0 Å². The van der Waals surface area contributed by atoms with E-state index in [1.54, 1.807) is 46.2 Å². The lowest BCUT2D eigenvalue weighted by Crippen LogP contribution is -2.19. The molecule has 1 atom stereocenters. The molecule has 2 aromatic heterocycles. The van der Waals surface area contributed by atoms with Gasteiger partial charge < -0.3 is 20.0 Å². The molecular weight excluding hydrogens is 636 g/mol. The minimum atomic E-state index is -0.487. The molecule has 4 aliphatic rings. The number of thioether (sulfide) groups is 2. The molecule has 2 aromatic carbocycles. The third-order valence-corrected chi connectivity index (χ3v) is 12.7. The molecule has 0 saturated heterocycles. The Morgan fingerprint density at radius 1 is 0.829 bits per heavy atom. The Hall–Kier alpha value is -2.02. The van der Waals surface area contributed by atoms with Crippen LogP contribution in [0.25, 0.3) is 31.6 Å². The summed E-state index contributed by atoms with van der Waals surface area (Å²) >= 11 is 19.1. The Kier molecular flexibility index (Phi) is 7.62. The average Bonchev–Trinajstić information content (AvgIpc) is 3.77. The second kappa shape index (κ2) is 11.2. The highest BCUT2D eigenvalue weighted by molar-refractivity contribution is 8.18. The van der Waals surface area contributed by atoms with Crippen LogP contribution in [0.1, 0.15) is 16.7 Å². The number of aliphatic imine (C=N–C) groups is 2. The molecule has 0 amide bonds. The highest BCUT2D eigenvalue weighted by Gasteiger charge is 2.36. The quantitative estimate of drug-likeness (QED) is 0.235. The molecule has 1 unspecified atom stereocenters. The molecule has 0 radical (unpaired) electrons. The van der Waals surface area contributed by atoms with Crippen molar-refractivity contribution < 1.29 is 10.2 Å². The predicted octanol–water partition coefficient (Wildman–Crippen LogP) is 7.66. The molecule has 12 heteroatoms. The number of halogens is 2. The first-order valence-corrected chi connectivity index (χ1v) is 17.1. The van der Waals surface area contributed by atoms with E-state index in [1.165, 1.54) is 0 Å². The van der Waals surface area contributed by atoms with Crippen molar-refractivity contribution in [2.75, 3.05) is 32.8 Å². The van der Waals surface area contributed by atoms with Crippen molar-refractivity contribution >= 4 is 111 Å². The largest absolute Gasteiger partial charge is 0.391 e. The normalized spacial score (nSPS) is 18.8. The minimum Gasteiger partial charge on any atom is -0.391 e. The van der Waals surface area contributed by atoms with Crippen molar-refractivity contribution in [1.29, 1.82) is 0 Å². The molecule has 0 aliphatic carbocycles. The van der Waals surface area contributed by atoms with Gasteiger partial charge in [-0.2, -0.15) is 0 Å². The summed E-state index contributed by atoms with van der Waals surface area (Å²) in [4.78, 5) is 17.7. The summed E-state index contributed by atoms with van der Waals surface area (Å²) in [5, 5.41) is 25.6. The Bertz CT molecular complexity index is 1820. The van der Waals surface area contributed by atoms with Gasteiger partial charge in [0, 0.05) is 22.9 Å². The third-order valence-electron chi connectivity index (χ3n) is 7.04. The van der Waals surface area contributed by atoms with Gasteiger partial charge in [0.1, 0.15) is 0 Å². The van der Waals surface area contributed by atoms with E-state index < -0.39 is 6.10 Å². The van der Waals surface area contributed by atoms with Gasteiger partial charge >= 0.3 is 0 Å². The molecular formula is C29H24Cl2N4O2S4. The molecule has 6 nitrogen and oxygen atoms in total. The molecule has 210 valence electrons. The standard InChI is InChI=1S/C15H13ClN2OS2.C14H11ClN2OS2/c1-8(19)13-12(18-6-5-17-15(18)21-13)11-7-9-3-2-4-10(16)14(9)20-11;15-9-3-1-2-8-6-10(19-13(8)9)12-11(7-18)20-14-16-4-5-17(12)14/h2-4,7-8,19H,5-6H2,1H3;1-3,6,18H,4-5,7H2. The van der Waals surface area contributed by atoms with Crippen molar-refractivity contribution in [3.63, 3.8) is 0 Å². The zero-order chi connectivity index (χ0) is 28.2. The maximum absolute atomic E-state index is 10.1. The Morgan fingerprint density at radius 3 is 1.90 bits per heavy atom. The van der Waals surface area contributed by atoms with Crippen LogP contribution < -0.4 is 0 Å². The molecule has 0 saturated carbocycles. The lowest BCUT2D eigenvalue weighted by atomic mass is 10.2. The summed E-state index contributed by atoms with van der Waals surface area (Å²) in [7, 11) is 0. The summed E-state index contributed by atoms with van der Waals surface area (Å²) in [6.45, 7) is 5.29. The van der Waals surface area contributed by atoms with E-state index in [1.807, 2.05) is 31.2 Å². The van der Waals surface area contributed by atoms with E-state index in [2.05, 4.69) is 44.1 Å². The number of nitrogens with zero attached hydrogens (tertiary/aromatic N) is 4. The minimum absolute atomic E-state index is 0.0531. The number of hydrogen-bond donors (Lipinski definition) is 2. The van der Waals surface area contributed by atoms with Gasteiger partial charge in [0.25, 0.3) is 0 Å². The van der Waals surface area contributed by atoms with Crippen LogP contribution in [-0.2, 0) is 0 Å². The fourth-order valence-corrected chi connectivity index (χ4v) is 10.4. The van der Waals surface area contributed by atoms with E-state index in [0.717, 1.165) is 97.7 Å². The second-order valence-electron chi connectivity index (χ2n) is 9.69. The SMILES string of the molecule is CC(O)C1=C(c2cc3cccc(Cl)c3s2)N2CCN=C2S1.OCC1=C(c2cc3cccc(Cl)c3s2)N2CCN=C2S1. The fraction of sp³-hybridized carbons (Fsp3) is 0.241. The van der Waals surface area contributed by atoms with Crippen LogP contribution in [0.5, 0.6) is 0 Å².